The summed E-state index contributed by atoms with van der Waals surface area (Å²) in [6.45, 7) is 0. The standard InChI is InChI=1S/C22H15N/c23-22-20-13-7-6-11-18(20)17-10-4-5-12-19(17)21(22)15-14-16-8-2-1-3-9-16/h1-13H,23H2. The van der Waals surface area contributed by atoms with Gasteiger partial charge in [-0.05, 0) is 22.9 Å². The van der Waals surface area contributed by atoms with Crippen molar-refractivity contribution in [2.75, 3.05) is 5.73 Å². The molecule has 0 saturated carbocycles. The lowest BCUT2D eigenvalue weighted by Crippen LogP contribution is -1.94. The van der Waals surface area contributed by atoms with Crippen LogP contribution < -0.4 is 5.73 Å². The van der Waals surface area contributed by atoms with Gasteiger partial charge in [0.2, 0.25) is 0 Å². The molecule has 4 rings (SSSR count). The smallest absolute Gasteiger partial charge is 0.0563 e. The Morgan fingerprint density at radius 2 is 1.04 bits per heavy atom. The minimum atomic E-state index is 0.753. The molecule has 0 unspecified atom stereocenters. The minimum absolute atomic E-state index is 0.753. The maximum absolute atomic E-state index is 6.45. The first-order valence-corrected chi connectivity index (χ1v) is 7.60. The molecule has 0 heterocycles. The zero-order valence-electron chi connectivity index (χ0n) is 12.6. The number of rotatable bonds is 0. The molecule has 0 aromatic heterocycles. The van der Waals surface area contributed by atoms with E-state index in [-0.39, 0.29) is 0 Å². The number of hydrogen-bond donors (Lipinski definition) is 1. The zero-order valence-corrected chi connectivity index (χ0v) is 12.6. The van der Waals surface area contributed by atoms with Crippen molar-refractivity contribution >= 4 is 27.2 Å². The molecule has 1 nitrogen and oxygen atoms in total. The van der Waals surface area contributed by atoms with Crippen molar-refractivity contribution in [3.63, 3.8) is 0 Å². The van der Waals surface area contributed by atoms with Crippen molar-refractivity contribution in [2.45, 2.75) is 0 Å². The Kier molecular flexibility index (Phi) is 3.22. The van der Waals surface area contributed by atoms with E-state index in [0.717, 1.165) is 27.6 Å². The van der Waals surface area contributed by atoms with Gasteiger partial charge in [-0.25, -0.2) is 0 Å². The number of anilines is 1. The molecule has 0 amide bonds. The Balaban J connectivity index is 2.05. The van der Waals surface area contributed by atoms with Crippen LogP contribution in [0.4, 0.5) is 5.69 Å². The highest BCUT2D eigenvalue weighted by Gasteiger charge is 2.09. The molecule has 0 saturated heterocycles. The molecule has 0 atom stereocenters. The molecule has 108 valence electrons. The Morgan fingerprint density at radius 1 is 0.522 bits per heavy atom. The molecule has 0 spiro atoms. The minimum Gasteiger partial charge on any atom is -0.397 e. The lowest BCUT2D eigenvalue weighted by Gasteiger charge is -2.10. The average Bonchev–Trinajstić information content (AvgIpc) is 2.63. The van der Waals surface area contributed by atoms with Gasteiger partial charge in [0, 0.05) is 16.3 Å². The maximum atomic E-state index is 6.45. The van der Waals surface area contributed by atoms with Crippen LogP contribution in [0.5, 0.6) is 0 Å². The van der Waals surface area contributed by atoms with E-state index in [1.807, 2.05) is 48.5 Å². The predicted molar refractivity (Wildman–Crippen MR) is 98.3 cm³/mol. The van der Waals surface area contributed by atoms with E-state index >= 15 is 0 Å². The Morgan fingerprint density at radius 3 is 1.74 bits per heavy atom. The van der Waals surface area contributed by atoms with Gasteiger partial charge in [-0.2, -0.15) is 0 Å². The molecule has 4 aromatic rings. The number of benzene rings is 4. The van der Waals surface area contributed by atoms with Crippen LogP contribution in [0.15, 0.2) is 78.9 Å². The van der Waals surface area contributed by atoms with E-state index in [4.69, 9.17) is 5.73 Å². The van der Waals surface area contributed by atoms with Gasteiger partial charge in [0.25, 0.3) is 0 Å². The summed E-state index contributed by atoms with van der Waals surface area (Å²) in [5, 5.41) is 4.52. The third kappa shape index (κ3) is 2.31. The van der Waals surface area contributed by atoms with Crippen LogP contribution in [0.2, 0.25) is 0 Å². The average molecular weight is 293 g/mol. The van der Waals surface area contributed by atoms with Crippen LogP contribution in [0.25, 0.3) is 21.5 Å². The van der Waals surface area contributed by atoms with Gasteiger partial charge < -0.3 is 5.73 Å². The molecule has 1 heteroatoms. The normalized spacial score (nSPS) is 10.4. The summed E-state index contributed by atoms with van der Waals surface area (Å²) in [6.07, 6.45) is 0. The largest absolute Gasteiger partial charge is 0.397 e. The van der Waals surface area contributed by atoms with Crippen LogP contribution in [0, 0.1) is 11.8 Å². The summed E-state index contributed by atoms with van der Waals surface area (Å²) in [5.41, 5.74) is 9.09. The second-order valence-corrected chi connectivity index (χ2v) is 5.50. The summed E-state index contributed by atoms with van der Waals surface area (Å²) >= 11 is 0. The van der Waals surface area contributed by atoms with Crippen molar-refractivity contribution in [3.8, 4) is 11.8 Å². The number of nitrogen functional groups attached to an aromatic ring is 1. The van der Waals surface area contributed by atoms with Crippen LogP contribution >= 0.6 is 0 Å². The predicted octanol–water partition coefficient (Wildman–Crippen LogP) is 4.98. The SMILES string of the molecule is Nc1c(C#Cc2ccccc2)c2ccccc2c2ccccc12. The highest BCUT2D eigenvalue weighted by Crippen LogP contribution is 2.34. The Hall–Kier alpha value is -3.24. The molecule has 0 aliphatic heterocycles. The fraction of sp³-hybridized carbons (Fsp3) is 0. The molecule has 0 bridgehead atoms. The van der Waals surface area contributed by atoms with Gasteiger partial charge in [-0.1, -0.05) is 78.6 Å². The first-order valence-electron chi connectivity index (χ1n) is 7.60. The molecule has 0 fully saturated rings. The van der Waals surface area contributed by atoms with Gasteiger partial charge in [-0.15, -0.1) is 0 Å². The lowest BCUT2D eigenvalue weighted by molar-refractivity contribution is 1.64. The van der Waals surface area contributed by atoms with Gasteiger partial charge in [-0.3, -0.25) is 0 Å². The third-order valence-electron chi connectivity index (χ3n) is 4.08. The molecule has 0 aliphatic rings. The summed E-state index contributed by atoms with van der Waals surface area (Å²) in [6, 6.07) is 26.5. The Labute approximate surface area is 135 Å². The summed E-state index contributed by atoms with van der Waals surface area (Å²) in [7, 11) is 0. The molecule has 2 N–H and O–H groups in total. The van der Waals surface area contributed by atoms with Gasteiger partial charge in [0.05, 0.1) is 11.3 Å². The van der Waals surface area contributed by atoms with E-state index < -0.39 is 0 Å². The quantitative estimate of drug-likeness (QED) is 0.276. The van der Waals surface area contributed by atoms with Crippen molar-refractivity contribution in [1.29, 1.82) is 0 Å². The highest BCUT2D eigenvalue weighted by molar-refractivity contribution is 6.15. The topological polar surface area (TPSA) is 26.0 Å². The summed E-state index contributed by atoms with van der Waals surface area (Å²) < 4.78 is 0. The van der Waals surface area contributed by atoms with Crippen LogP contribution in [0.1, 0.15) is 11.1 Å². The number of nitrogens with two attached hydrogens (primary N) is 1. The number of fused-ring (bicyclic) bond motifs is 3. The molecular weight excluding hydrogens is 278 g/mol. The van der Waals surface area contributed by atoms with Crippen LogP contribution in [-0.2, 0) is 0 Å². The second kappa shape index (κ2) is 5.51. The van der Waals surface area contributed by atoms with Gasteiger partial charge >= 0.3 is 0 Å². The summed E-state index contributed by atoms with van der Waals surface area (Å²) in [5.74, 6) is 6.52. The number of hydrogen-bond acceptors (Lipinski definition) is 1. The molecule has 4 aromatic carbocycles. The first-order chi connectivity index (χ1) is 11.3. The van der Waals surface area contributed by atoms with Crippen LogP contribution in [-0.4, -0.2) is 0 Å². The second-order valence-electron chi connectivity index (χ2n) is 5.50. The van der Waals surface area contributed by atoms with Crippen molar-refractivity contribution < 1.29 is 0 Å². The van der Waals surface area contributed by atoms with Crippen LogP contribution in [0.3, 0.4) is 0 Å². The Bertz CT molecular complexity index is 1070. The van der Waals surface area contributed by atoms with Gasteiger partial charge in [0.1, 0.15) is 0 Å². The lowest BCUT2D eigenvalue weighted by atomic mass is 9.95. The highest BCUT2D eigenvalue weighted by atomic mass is 14.6. The van der Waals surface area contributed by atoms with E-state index in [2.05, 4.69) is 42.2 Å². The van der Waals surface area contributed by atoms with E-state index in [1.54, 1.807) is 0 Å². The monoisotopic (exact) mass is 293 g/mol. The third-order valence-corrected chi connectivity index (χ3v) is 4.08. The zero-order chi connectivity index (χ0) is 15.6. The molecule has 0 aliphatic carbocycles. The molecular formula is C22H15N. The maximum Gasteiger partial charge on any atom is 0.0563 e. The fourth-order valence-electron chi connectivity index (χ4n) is 2.96. The van der Waals surface area contributed by atoms with E-state index in [1.165, 1.54) is 10.8 Å². The van der Waals surface area contributed by atoms with E-state index in [9.17, 15) is 0 Å². The van der Waals surface area contributed by atoms with Crippen molar-refractivity contribution in [3.05, 3.63) is 90.0 Å². The van der Waals surface area contributed by atoms with E-state index in [0.29, 0.717) is 0 Å². The fourth-order valence-corrected chi connectivity index (χ4v) is 2.96. The van der Waals surface area contributed by atoms with Crippen molar-refractivity contribution in [1.82, 2.24) is 0 Å². The summed E-state index contributed by atoms with van der Waals surface area (Å²) in [4.78, 5) is 0. The molecule has 0 radical (unpaired) electrons. The van der Waals surface area contributed by atoms with Gasteiger partial charge in [0.15, 0.2) is 0 Å². The first kappa shape index (κ1) is 13.4. The van der Waals surface area contributed by atoms with Crippen molar-refractivity contribution in [2.24, 2.45) is 0 Å². The molecule has 23 heavy (non-hydrogen) atoms.